The molecule has 3 heterocycles. The van der Waals surface area contributed by atoms with Crippen molar-refractivity contribution in [2.24, 2.45) is 0 Å². The maximum absolute atomic E-state index is 12.7. The molecule has 1 fully saturated rings. The Morgan fingerprint density at radius 2 is 2.12 bits per heavy atom. The van der Waals surface area contributed by atoms with Gasteiger partial charge in [-0.2, -0.15) is 0 Å². The minimum Gasteiger partial charge on any atom is -0.477 e. The third kappa shape index (κ3) is 5.08. The topological polar surface area (TPSA) is 138 Å². The van der Waals surface area contributed by atoms with E-state index in [0.29, 0.717) is 32.5 Å². The smallest absolute Gasteiger partial charge is 0.352 e. The first kappa shape index (κ1) is 23.7. The van der Waals surface area contributed by atoms with E-state index in [1.807, 2.05) is 0 Å². The number of carboxylic acid groups (broad SMARTS) is 1. The zero-order chi connectivity index (χ0) is 23.7. The molecule has 3 amide bonds. The summed E-state index contributed by atoms with van der Waals surface area (Å²) < 4.78 is 5.30. The van der Waals surface area contributed by atoms with Gasteiger partial charge in [0, 0.05) is 25.0 Å². The monoisotopic (exact) mass is 529 g/mol. The fourth-order valence-electron chi connectivity index (χ4n) is 3.30. The van der Waals surface area contributed by atoms with Gasteiger partial charge in [-0.05, 0) is 23.3 Å². The summed E-state index contributed by atoms with van der Waals surface area (Å²) >= 11 is 14.4. The van der Waals surface area contributed by atoms with E-state index in [1.165, 1.54) is 28.4 Å². The fourth-order valence-corrected chi connectivity index (χ4v) is 5.91. The minimum atomic E-state index is -1.20. The maximum atomic E-state index is 12.7. The number of carbonyl (C=O) groups is 3. The van der Waals surface area contributed by atoms with E-state index in [2.05, 4.69) is 20.8 Å². The first-order valence-electron chi connectivity index (χ1n) is 9.55. The number of fused-ring (bicyclic) bond motifs is 1. The number of carboxylic acids is 1. The lowest BCUT2D eigenvalue weighted by atomic mass is 10.0. The standard InChI is InChI=1S/C19H17Cl2N5O5S2/c1-8-24-25-19(31-8)33-7-10-6-32-16-13(15(27)26(16)14(10)17(28)29)23-18(30)22-5-9-2-3-11(20)12(21)4-9/h2-4,13,16H,5-7H2,1H3,(H,28,29)(H2,22,23,30)/t13?,16-/m0/s1. The second-order valence-corrected chi connectivity index (χ2v) is 9.94. The van der Waals surface area contributed by atoms with Gasteiger partial charge in [0.15, 0.2) is 0 Å². The number of hydrogen-bond donors (Lipinski definition) is 3. The lowest BCUT2D eigenvalue weighted by Crippen LogP contribution is -2.71. The Labute approximate surface area is 206 Å². The van der Waals surface area contributed by atoms with E-state index in [9.17, 15) is 19.5 Å². The summed E-state index contributed by atoms with van der Waals surface area (Å²) in [7, 11) is 0. The van der Waals surface area contributed by atoms with Gasteiger partial charge in [-0.15, -0.1) is 22.0 Å². The number of β-lactam (4-membered cyclic amide) rings is 1. The summed E-state index contributed by atoms with van der Waals surface area (Å²) in [6, 6.07) is 3.61. The lowest BCUT2D eigenvalue weighted by Gasteiger charge is -2.49. The molecule has 1 saturated heterocycles. The summed E-state index contributed by atoms with van der Waals surface area (Å²) in [5.74, 6) is -0.597. The van der Waals surface area contributed by atoms with E-state index >= 15 is 0 Å². The Balaban J connectivity index is 1.37. The van der Waals surface area contributed by atoms with Crippen molar-refractivity contribution in [2.45, 2.75) is 30.1 Å². The van der Waals surface area contributed by atoms with E-state index in [-0.39, 0.29) is 18.0 Å². The van der Waals surface area contributed by atoms with E-state index < -0.39 is 29.3 Å². The molecule has 2 atom stereocenters. The molecule has 0 bridgehead atoms. The average Bonchev–Trinajstić information content (AvgIpc) is 3.21. The first-order chi connectivity index (χ1) is 15.7. The van der Waals surface area contributed by atoms with Gasteiger partial charge >= 0.3 is 12.0 Å². The van der Waals surface area contributed by atoms with Crippen LogP contribution < -0.4 is 10.6 Å². The van der Waals surface area contributed by atoms with Crippen LogP contribution in [0.2, 0.25) is 10.0 Å². The maximum Gasteiger partial charge on any atom is 0.352 e. The zero-order valence-corrected chi connectivity index (χ0v) is 20.1. The molecule has 1 aromatic heterocycles. The molecule has 174 valence electrons. The molecule has 2 aromatic rings. The summed E-state index contributed by atoms with van der Waals surface area (Å²) in [6.07, 6.45) is 0. The number of nitrogens with one attached hydrogen (secondary N) is 2. The summed E-state index contributed by atoms with van der Waals surface area (Å²) in [6.45, 7) is 1.84. The SMILES string of the molecule is Cc1nnc(SCC2=C(C(=O)O)N3C(=O)C(NC(=O)NCc4ccc(Cl)c(Cl)c4)[C@@H]3SC2)o1. The molecule has 1 aromatic carbocycles. The molecule has 0 radical (unpaired) electrons. The highest BCUT2D eigenvalue weighted by Gasteiger charge is 2.54. The zero-order valence-electron chi connectivity index (χ0n) is 17.0. The third-order valence-corrected chi connectivity index (χ3v) is 7.83. The molecular formula is C19H17Cl2N5O5S2. The van der Waals surface area contributed by atoms with Crippen LogP contribution in [-0.2, 0) is 16.1 Å². The molecule has 2 aliphatic rings. The van der Waals surface area contributed by atoms with Gasteiger partial charge in [0.05, 0.1) is 10.0 Å². The molecule has 3 N–H and O–H groups in total. The Hall–Kier alpha value is -2.41. The van der Waals surface area contributed by atoms with Crippen LogP contribution in [0.1, 0.15) is 11.5 Å². The molecule has 10 nitrogen and oxygen atoms in total. The highest BCUT2D eigenvalue weighted by Crippen LogP contribution is 2.41. The van der Waals surface area contributed by atoms with Crippen LogP contribution in [0.4, 0.5) is 4.79 Å². The van der Waals surface area contributed by atoms with Crippen molar-refractivity contribution in [3.63, 3.8) is 0 Å². The van der Waals surface area contributed by atoms with Crippen molar-refractivity contribution >= 4 is 64.6 Å². The van der Waals surface area contributed by atoms with Crippen LogP contribution in [-0.4, -0.2) is 61.0 Å². The van der Waals surface area contributed by atoms with Crippen LogP contribution in [0.3, 0.4) is 0 Å². The summed E-state index contributed by atoms with van der Waals surface area (Å²) in [5, 5.41) is 23.2. The Morgan fingerprint density at radius 1 is 1.33 bits per heavy atom. The highest BCUT2D eigenvalue weighted by atomic mass is 35.5. The number of halogens is 2. The molecule has 1 unspecified atom stereocenters. The van der Waals surface area contributed by atoms with E-state index in [0.717, 1.165) is 5.56 Å². The predicted molar refractivity (Wildman–Crippen MR) is 123 cm³/mol. The second kappa shape index (κ2) is 9.84. The van der Waals surface area contributed by atoms with Gasteiger partial charge in [-0.3, -0.25) is 9.69 Å². The van der Waals surface area contributed by atoms with Crippen molar-refractivity contribution < 1.29 is 23.9 Å². The molecule has 33 heavy (non-hydrogen) atoms. The van der Waals surface area contributed by atoms with Gasteiger partial charge in [-0.25, -0.2) is 9.59 Å². The van der Waals surface area contributed by atoms with Crippen LogP contribution >= 0.6 is 46.7 Å². The number of aliphatic carboxylic acids is 1. The quantitative estimate of drug-likeness (QED) is 0.365. The predicted octanol–water partition coefficient (Wildman–Crippen LogP) is 2.90. The second-order valence-electron chi connectivity index (χ2n) is 7.10. The number of aryl methyl sites for hydroxylation is 1. The van der Waals surface area contributed by atoms with Crippen molar-refractivity contribution in [3.05, 3.63) is 51.0 Å². The molecule has 4 rings (SSSR count). The number of thioether (sulfide) groups is 2. The van der Waals surface area contributed by atoms with Gasteiger partial charge < -0.3 is 20.2 Å². The average molecular weight is 530 g/mol. The number of benzene rings is 1. The number of carbonyl (C=O) groups excluding carboxylic acids is 2. The van der Waals surface area contributed by atoms with Crippen LogP contribution in [0, 0.1) is 6.92 Å². The molecular weight excluding hydrogens is 513 g/mol. The van der Waals surface area contributed by atoms with Gasteiger partial charge in [0.25, 0.3) is 11.1 Å². The number of urea groups is 1. The fraction of sp³-hybridized carbons (Fsp3) is 0.316. The van der Waals surface area contributed by atoms with Gasteiger partial charge in [0.2, 0.25) is 5.89 Å². The molecule has 0 aliphatic carbocycles. The van der Waals surface area contributed by atoms with Gasteiger partial charge in [-0.1, -0.05) is 41.0 Å². The summed E-state index contributed by atoms with van der Waals surface area (Å²) in [5.41, 5.74) is 1.24. The van der Waals surface area contributed by atoms with Crippen molar-refractivity contribution in [1.82, 2.24) is 25.7 Å². The van der Waals surface area contributed by atoms with Crippen molar-refractivity contribution in [2.75, 3.05) is 11.5 Å². The normalized spacial score (nSPS) is 19.7. The number of hydrogen-bond acceptors (Lipinski definition) is 8. The number of rotatable bonds is 7. The number of amides is 3. The van der Waals surface area contributed by atoms with Crippen LogP contribution in [0.15, 0.2) is 39.1 Å². The molecule has 14 heteroatoms. The third-order valence-electron chi connectivity index (χ3n) is 4.85. The molecule has 0 saturated carbocycles. The van der Waals surface area contributed by atoms with Crippen molar-refractivity contribution in [1.29, 1.82) is 0 Å². The number of aromatic nitrogens is 2. The van der Waals surface area contributed by atoms with E-state index in [4.69, 9.17) is 27.6 Å². The van der Waals surface area contributed by atoms with E-state index in [1.54, 1.807) is 25.1 Å². The first-order valence-corrected chi connectivity index (χ1v) is 12.3. The van der Waals surface area contributed by atoms with Crippen LogP contribution in [0.25, 0.3) is 0 Å². The molecule has 0 spiro atoms. The molecule has 2 aliphatic heterocycles. The Morgan fingerprint density at radius 3 is 2.79 bits per heavy atom. The van der Waals surface area contributed by atoms with Crippen molar-refractivity contribution in [3.8, 4) is 0 Å². The Kier molecular flexibility index (Phi) is 7.07. The van der Waals surface area contributed by atoms with Gasteiger partial charge in [0.1, 0.15) is 17.1 Å². The lowest BCUT2D eigenvalue weighted by molar-refractivity contribution is -0.148. The summed E-state index contributed by atoms with van der Waals surface area (Å²) in [4.78, 5) is 38.2. The van der Waals surface area contributed by atoms with Crippen LogP contribution in [0.5, 0.6) is 0 Å². The minimum absolute atomic E-state index is 0.0678. The highest BCUT2D eigenvalue weighted by molar-refractivity contribution is 8.01. The Bertz CT molecular complexity index is 1160. The largest absolute Gasteiger partial charge is 0.477 e. The number of nitrogens with zero attached hydrogens (tertiary/aromatic N) is 3.